The Bertz CT molecular complexity index is 2820. The van der Waals surface area contributed by atoms with Crippen molar-refractivity contribution in [2.45, 2.75) is 66.2 Å². The van der Waals surface area contributed by atoms with E-state index in [1.54, 1.807) is 21.9 Å². The highest BCUT2D eigenvalue weighted by Gasteiger charge is 2.27. The Morgan fingerprint density at radius 3 is 1.09 bits per heavy atom. The summed E-state index contributed by atoms with van der Waals surface area (Å²) >= 11 is 0. The van der Waals surface area contributed by atoms with E-state index in [0.717, 1.165) is 92.7 Å². The number of phenols is 2. The van der Waals surface area contributed by atoms with Crippen LogP contribution in [0.1, 0.15) is 86.9 Å². The Morgan fingerprint density at radius 1 is 0.409 bits per heavy atom. The standard InChI is InChI=1S/C58H60N2O6/c1-5-59(6-2)57(63)47-37-41-25-15-19-29-45(41)53(55(47)61)51-43-27-17-13-23-39(43)31-33-49(51)65-35-21-11-9-10-12-22-36-66-50-34-32-40-24-14-18-28-44(40)52(50)54-46-30-20-16-26-42(46)38-48(56(54)62)58(64)60(7-3)8-4/h13-20,23-34,37-38,61-62H,5-12,21-22,35-36H2,1-4H3. The molecule has 0 aliphatic rings. The normalized spacial score (nSPS) is 11.4. The number of hydrogen-bond acceptors (Lipinski definition) is 6. The molecular formula is C58H60N2O6. The molecule has 0 radical (unpaired) electrons. The van der Waals surface area contributed by atoms with E-state index in [1.165, 1.54) is 0 Å². The summed E-state index contributed by atoms with van der Waals surface area (Å²) in [7, 11) is 0. The molecular weight excluding hydrogens is 821 g/mol. The molecule has 0 saturated carbocycles. The summed E-state index contributed by atoms with van der Waals surface area (Å²) in [6.07, 6.45) is 5.81. The maximum absolute atomic E-state index is 13.8. The summed E-state index contributed by atoms with van der Waals surface area (Å²) in [4.78, 5) is 31.0. The van der Waals surface area contributed by atoms with Crippen molar-refractivity contribution in [3.63, 3.8) is 0 Å². The van der Waals surface area contributed by atoms with Crippen LogP contribution in [0.3, 0.4) is 0 Å². The van der Waals surface area contributed by atoms with Crippen LogP contribution < -0.4 is 9.47 Å². The lowest BCUT2D eigenvalue weighted by atomic mass is 9.90. The van der Waals surface area contributed by atoms with Crippen LogP contribution in [0, 0.1) is 0 Å². The van der Waals surface area contributed by atoms with E-state index in [4.69, 9.17) is 9.47 Å². The topological polar surface area (TPSA) is 99.5 Å². The lowest BCUT2D eigenvalue weighted by Gasteiger charge is -2.22. The van der Waals surface area contributed by atoms with E-state index in [0.29, 0.717) is 62.0 Å². The average molecular weight is 881 g/mol. The monoisotopic (exact) mass is 880 g/mol. The van der Waals surface area contributed by atoms with Gasteiger partial charge in [0.15, 0.2) is 0 Å². The number of carbonyl (C=O) groups excluding carboxylic acids is 2. The van der Waals surface area contributed by atoms with Crippen molar-refractivity contribution in [2.75, 3.05) is 39.4 Å². The molecule has 0 heterocycles. The third-order valence-electron chi connectivity index (χ3n) is 12.9. The van der Waals surface area contributed by atoms with Crippen LogP contribution in [0.15, 0.2) is 133 Å². The summed E-state index contributed by atoms with van der Waals surface area (Å²) in [6.45, 7) is 11.0. The third kappa shape index (κ3) is 9.10. The number of ether oxygens (including phenoxy) is 2. The molecule has 0 saturated heterocycles. The van der Waals surface area contributed by atoms with Crippen molar-refractivity contribution in [2.24, 2.45) is 0 Å². The summed E-state index contributed by atoms with van der Waals surface area (Å²) in [5.41, 5.74) is 3.37. The van der Waals surface area contributed by atoms with Crippen LogP contribution in [-0.2, 0) is 0 Å². The van der Waals surface area contributed by atoms with Crippen molar-refractivity contribution in [1.29, 1.82) is 0 Å². The minimum atomic E-state index is -0.197. The number of aromatic hydroxyl groups is 2. The van der Waals surface area contributed by atoms with Crippen molar-refractivity contribution in [1.82, 2.24) is 9.80 Å². The molecule has 8 rings (SSSR count). The molecule has 8 heteroatoms. The van der Waals surface area contributed by atoms with Gasteiger partial charge in [0.25, 0.3) is 11.8 Å². The predicted molar refractivity (Wildman–Crippen MR) is 270 cm³/mol. The van der Waals surface area contributed by atoms with Crippen molar-refractivity contribution in [3.8, 4) is 45.3 Å². The Hall–Kier alpha value is -7.06. The third-order valence-corrected chi connectivity index (χ3v) is 12.9. The van der Waals surface area contributed by atoms with Gasteiger partial charge in [-0.2, -0.15) is 0 Å². The molecule has 0 aromatic heterocycles. The molecule has 8 aromatic rings. The second kappa shape index (κ2) is 20.8. The molecule has 8 nitrogen and oxygen atoms in total. The largest absolute Gasteiger partial charge is 0.506 e. The molecule has 0 unspecified atom stereocenters. The molecule has 338 valence electrons. The number of rotatable bonds is 19. The van der Waals surface area contributed by atoms with Crippen molar-refractivity contribution < 1.29 is 29.3 Å². The fourth-order valence-corrected chi connectivity index (χ4v) is 9.40. The highest BCUT2D eigenvalue weighted by atomic mass is 16.5. The van der Waals surface area contributed by atoms with E-state index in [1.807, 2.05) is 113 Å². The van der Waals surface area contributed by atoms with Gasteiger partial charge in [-0.15, -0.1) is 0 Å². The molecule has 66 heavy (non-hydrogen) atoms. The minimum absolute atomic E-state index is 0.0316. The number of fused-ring (bicyclic) bond motifs is 4. The lowest BCUT2D eigenvalue weighted by Crippen LogP contribution is -2.30. The number of benzene rings is 8. The average Bonchev–Trinajstić information content (AvgIpc) is 3.35. The van der Waals surface area contributed by atoms with Gasteiger partial charge >= 0.3 is 0 Å². The van der Waals surface area contributed by atoms with Gasteiger partial charge in [-0.1, -0.05) is 135 Å². The van der Waals surface area contributed by atoms with Gasteiger partial charge in [0.05, 0.1) is 24.3 Å². The fourth-order valence-electron chi connectivity index (χ4n) is 9.40. The quantitative estimate of drug-likeness (QED) is 0.0785. The summed E-state index contributed by atoms with van der Waals surface area (Å²) in [5, 5.41) is 31.4. The molecule has 0 aliphatic carbocycles. The van der Waals surface area contributed by atoms with Gasteiger partial charge in [0.2, 0.25) is 0 Å². The number of carbonyl (C=O) groups is 2. The summed E-state index contributed by atoms with van der Waals surface area (Å²) < 4.78 is 13.2. The number of phenolic OH excluding ortho intramolecular Hbond substituents is 2. The number of nitrogens with zero attached hydrogens (tertiary/aromatic N) is 2. The highest BCUT2D eigenvalue weighted by molar-refractivity contribution is 6.15. The van der Waals surface area contributed by atoms with Crippen molar-refractivity contribution >= 4 is 54.9 Å². The van der Waals surface area contributed by atoms with Crippen LogP contribution in [0.5, 0.6) is 23.0 Å². The van der Waals surface area contributed by atoms with Gasteiger partial charge < -0.3 is 29.5 Å². The summed E-state index contributed by atoms with van der Waals surface area (Å²) in [6, 6.07) is 43.7. The number of amides is 2. The number of hydrogen-bond donors (Lipinski definition) is 2. The molecule has 0 fully saturated rings. The second-order valence-corrected chi connectivity index (χ2v) is 16.8. The molecule has 0 bridgehead atoms. The molecule has 2 amide bonds. The second-order valence-electron chi connectivity index (χ2n) is 16.8. The highest BCUT2D eigenvalue weighted by Crippen LogP contribution is 2.48. The van der Waals surface area contributed by atoms with Gasteiger partial charge in [0, 0.05) is 48.4 Å². The van der Waals surface area contributed by atoms with Crippen LogP contribution in [0.4, 0.5) is 0 Å². The van der Waals surface area contributed by atoms with Crippen molar-refractivity contribution in [3.05, 3.63) is 145 Å². The predicted octanol–water partition coefficient (Wildman–Crippen LogP) is 13.8. The van der Waals surface area contributed by atoms with E-state index in [9.17, 15) is 19.8 Å². The van der Waals surface area contributed by atoms with Gasteiger partial charge in [0.1, 0.15) is 23.0 Å². The van der Waals surface area contributed by atoms with Gasteiger partial charge in [-0.3, -0.25) is 9.59 Å². The van der Waals surface area contributed by atoms with Crippen LogP contribution in [0.2, 0.25) is 0 Å². The zero-order valence-electron chi connectivity index (χ0n) is 38.6. The molecule has 0 atom stereocenters. The van der Waals surface area contributed by atoms with Crippen LogP contribution in [-0.4, -0.2) is 71.2 Å². The van der Waals surface area contributed by atoms with Gasteiger partial charge in [-0.25, -0.2) is 0 Å². The van der Waals surface area contributed by atoms with E-state index in [2.05, 4.69) is 36.4 Å². The van der Waals surface area contributed by atoms with Crippen LogP contribution in [0.25, 0.3) is 65.3 Å². The van der Waals surface area contributed by atoms with E-state index >= 15 is 0 Å². The van der Waals surface area contributed by atoms with Crippen LogP contribution >= 0.6 is 0 Å². The maximum Gasteiger partial charge on any atom is 0.257 e. The lowest BCUT2D eigenvalue weighted by molar-refractivity contribution is 0.0762. The zero-order chi connectivity index (χ0) is 46.2. The SMILES string of the molecule is CCN(CC)C(=O)c1cc2ccccc2c(-c2c(OCCCCCCCCOc3ccc4ccccc4c3-c3c(O)c(C(=O)N(CC)CC)cc4ccccc34)ccc3ccccc23)c1O. The first-order chi connectivity index (χ1) is 32.3. The van der Waals surface area contributed by atoms with E-state index in [-0.39, 0.29) is 34.4 Å². The molecule has 0 aliphatic heterocycles. The first-order valence-corrected chi connectivity index (χ1v) is 23.7. The molecule has 8 aromatic carbocycles. The fraction of sp³-hybridized carbons (Fsp3) is 0.276. The zero-order valence-corrected chi connectivity index (χ0v) is 38.6. The smallest absolute Gasteiger partial charge is 0.257 e. The van der Waals surface area contributed by atoms with Gasteiger partial charge in [-0.05, 0) is 108 Å². The molecule has 0 spiro atoms. The maximum atomic E-state index is 13.8. The minimum Gasteiger partial charge on any atom is -0.506 e. The first kappa shape index (κ1) is 45.5. The Kier molecular flexibility index (Phi) is 14.4. The Morgan fingerprint density at radius 2 is 0.727 bits per heavy atom. The summed E-state index contributed by atoms with van der Waals surface area (Å²) in [5.74, 6) is 0.895. The Labute approximate surface area is 388 Å². The first-order valence-electron chi connectivity index (χ1n) is 23.7. The van der Waals surface area contributed by atoms with E-state index < -0.39 is 0 Å². The molecule has 2 N–H and O–H groups in total. The Balaban J connectivity index is 0.939. The number of unbranched alkanes of at least 4 members (excludes halogenated alkanes) is 5.